The quantitative estimate of drug-likeness (QED) is 0.545. The Kier molecular flexibility index (Phi) is 6.63. The summed E-state index contributed by atoms with van der Waals surface area (Å²) in [6.45, 7) is 1.11. The maximum atomic E-state index is 12.1. The highest BCUT2D eigenvalue weighted by Gasteiger charge is 2.18. The van der Waals surface area contributed by atoms with Crippen LogP contribution in [0.25, 0.3) is 6.08 Å². The zero-order valence-electron chi connectivity index (χ0n) is 15.9. The Morgan fingerprint density at radius 3 is 2.62 bits per heavy atom. The average molecular weight is 395 g/mol. The number of hydrogen-bond donors (Lipinski definition) is 1. The summed E-state index contributed by atoms with van der Waals surface area (Å²) in [5, 5.41) is 2.60. The number of carbonyl (C=O) groups excluding carboxylic acids is 3. The van der Waals surface area contributed by atoms with E-state index in [0.717, 1.165) is 11.1 Å². The summed E-state index contributed by atoms with van der Waals surface area (Å²) < 4.78 is 15.4. The third-order valence-corrected chi connectivity index (χ3v) is 4.26. The molecule has 0 saturated carbocycles. The van der Waals surface area contributed by atoms with Crippen LogP contribution < -0.4 is 14.8 Å². The molecule has 29 heavy (non-hydrogen) atoms. The second-order valence-corrected chi connectivity index (χ2v) is 6.47. The van der Waals surface area contributed by atoms with Crippen LogP contribution in [-0.2, 0) is 25.5 Å². The van der Waals surface area contributed by atoms with E-state index in [0.29, 0.717) is 17.9 Å². The standard InChI is InChI=1S/C22H21NO6/c1-15(24)18(11-16-5-3-2-4-6-16)23-21(25)13-27-22(26)10-8-17-7-9-19-20(12-17)29-14-28-19/h2-10,12,18H,11,13-14H2,1H3,(H,23,25)/b10-8+/t18-/m0/s1. The lowest BCUT2D eigenvalue weighted by Crippen LogP contribution is -2.43. The van der Waals surface area contributed by atoms with Crippen molar-refractivity contribution in [2.75, 3.05) is 13.4 Å². The normalized spacial score (nSPS) is 13.1. The van der Waals surface area contributed by atoms with Crippen molar-refractivity contribution in [3.05, 3.63) is 65.7 Å². The van der Waals surface area contributed by atoms with E-state index in [4.69, 9.17) is 14.2 Å². The molecule has 0 bridgehead atoms. The fraction of sp³-hybridized carbons (Fsp3) is 0.227. The molecule has 150 valence electrons. The molecule has 2 aromatic rings. The van der Waals surface area contributed by atoms with Crippen LogP contribution in [0.15, 0.2) is 54.6 Å². The first-order chi connectivity index (χ1) is 14.0. The number of amides is 1. The molecule has 2 aromatic carbocycles. The fourth-order valence-corrected chi connectivity index (χ4v) is 2.75. The van der Waals surface area contributed by atoms with Crippen LogP contribution in [0, 0.1) is 0 Å². The molecule has 1 amide bonds. The summed E-state index contributed by atoms with van der Waals surface area (Å²) >= 11 is 0. The number of esters is 1. The zero-order valence-corrected chi connectivity index (χ0v) is 15.9. The van der Waals surface area contributed by atoms with Crippen LogP contribution in [0.3, 0.4) is 0 Å². The van der Waals surface area contributed by atoms with Crippen molar-refractivity contribution in [1.29, 1.82) is 0 Å². The fourth-order valence-electron chi connectivity index (χ4n) is 2.75. The molecule has 1 aliphatic heterocycles. The molecule has 0 radical (unpaired) electrons. The van der Waals surface area contributed by atoms with Gasteiger partial charge in [-0.2, -0.15) is 0 Å². The SMILES string of the molecule is CC(=O)[C@H](Cc1ccccc1)NC(=O)COC(=O)/C=C/c1ccc2c(c1)OCO2. The van der Waals surface area contributed by atoms with Crippen LogP contribution in [0.4, 0.5) is 0 Å². The van der Waals surface area contributed by atoms with Gasteiger partial charge in [-0.15, -0.1) is 0 Å². The summed E-state index contributed by atoms with van der Waals surface area (Å²) in [5.41, 5.74) is 1.66. The second-order valence-electron chi connectivity index (χ2n) is 6.47. The number of ether oxygens (including phenoxy) is 3. The lowest BCUT2D eigenvalue weighted by Gasteiger charge is -2.16. The first-order valence-corrected chi connectivity index (χ1v) is 9.09. The van der Waals surface area contributed by atoms with Crippen LogP contribution in [-0.4, -0.2) is 37.1 Å². The van der Waals surface area contributed by atoms with E-state index in [9.17, 15) is 14.4 Å². The number of carbonyl (C=O) groups is 3. The van der Waals surface area contributed by atoms with Crippen LogP contribution in [0.5, 0.6) is 11.5 Å². The maximum Gasteiger partial charge on any atom is 0.331 e. The molecule has 1 atom stereocenters. The molecular formula is C22H21NO6. The molecule has 0 aliphatic carbocycles. The molecular weight excluding hydrogens is 374 g/mol. The number of nitrogens with one attached hydrogen (secondary N) is 1. The highest BCUT2D eigenvalue weighted by molar-refractivity contribution is 5.91. The van der Waals surface area contributed by atoms with Crippen molar-refractivity contribution >= 4 is 23.7 Å². The Morgan fingerprint density at radius 1 is 1.10 bits per heavy atom. The van der Waals surface area contributed by atoms with Gasteiger partial charge in [-0.25, -0.2) is 4.79 Å². The Balaban J connectivity index is 1.47. The topological polar surface area (TPSA) is 90.9 Å². The van der Waals surface area contributed by atoms with Gasteiger partial charge in [0.15, 0.2) is 23.9 Å². The van der Waals surface area contributed by atoms with Crippen molar-refractivity contribution < 1.29 is 28.6 Å². The molecule has 7 heteroatoms. The molecule has 0 saturated heterocycles. The van der Waals surface area contributed by atoms with Crippen LogP contribution in [0.2, 0.25) is 0 Å². The summed E-state index contributed by atoms with van der Waals surface area (Å²) in [5.74, 6) is -0.118. The van der Waals surface area contributed by atoms with Gasteiger partial charge in [0.05, 0.1) is 6.04 Å². The van der Waals surface area contributed by atoms with Gasteiger partial charge in [-0.1, -0.05) is 36.4 Å². The van der Waals surface area contributed by atoms with Crippen molar-refractivity contribution in [3.63, 3.8) is 0 Å². The van der Waals surface area contributed by atoms with E-state index >= 15 is 0 Å². The van der Waals surface area contributed by atoms with E-state index in [1.807, 2.05) is 30.3 Å². The van der Waals surface area contributed by atoms with E-state index in [-0.39, 0.29) is 12.6 Å². The van der Waals surface area contributed by atoms with Gasteiger partial charge < -0.3 is 19.5 Å². The molecule has 0 aromatic heterocycles. The van der Waals surface area contributed by atoms with E-state index in [2.05, 4.69) is 5.32 Å². The molecule has 1 aliphatic rings. The Hall–Kier alpha value is -3.61. The predicted octanol–water partition coefficient (Wildman–Crippen LogP) is 2.29. The van der Waals surface area contributed by atoms with E-state index < -0.39 is 24.5 Å². The van der Waals surface area contributed by atoms with Crippen molar-refractivity contribution in [3.8, 4) is 11.5 Å². The summed E-state index contributed by atoms with van der Waals surface area (Å²) in [4.78, 5) is 35.7. The molecule has 0 spiro atoms. The lowest BCUT2D eigenvalue weighted by molar-refractivity contribution is -0.144. The third-order valence-electron chi connectivity index (χ3n) is 4.26. The van der Waals surface area contributed by atoms with E-state index in [1.54, 1.807) is 24.3 Å². The second kappa shape index (κ2) is 9.54. The highest BCUT2D eigenvalue weighted by Crippen LogP contribution is 2.32. The van der Waals surface area contributed by atoms with Crippen molar-refractivity contribution in [2.24, 2.45) is 0 Å². The molecule has 7 nitrogen and oxygen atoms in total. The summed E-state index contributed by atoms with van der Waals surface area (Å²) in [6, 6.07) is 13.9. The number of ketones is 1. The zero-order chi connectivity index (χ0) is 20.6. The van der Waals surface area contributed by atoms with Gasteiger partial charge in [0, 0.05) is 6.08 Å². The number of rotatable bonds is 8. The van der Waals surface area contributed by atoms with Gasteiger partial charge in [-0.05, 0) is 42.7 Å². The predicted molar refractivity (Wildman–Crippen MR) is 105 cm³/mol. The van der Waals surface area contributed by atoms with Gasteiger partial charge >= 0.3 is 5.97 Å². The Labute approximate surface area is 168 Å². The number of hydrogen-bond acceptors (Lipinski definition) is 6. The van der Waals surface area contributed by atoms with Crippen LogP contribution >= 0.6 is 0 Å². The minimum Gasteiger partial charge on any atom is -0.454 e. The average Bonchev–Trinajstić information content (AvgIpc) is 3.19. The molecule has 3 rings (SSSR count). The molecule has 1 heterocycles. The lowest BCUT2D eigenvalue weighted by atomic mass is 10.0. The smallest absolute Gasteiger partial charge is 0.331 e. The van der Waals surface area contributed by atoms with Gasteiger partial charge in [-0.3, -0.25) is 9.59 Å². The van der Waals surface area contributed by atoms with Crippen molar-refractivity contribution in [2.45, 2.75) is 19.4 Å². The monoisotopic (exact) mass is 395 g/mol. The number of Topliss-reactive ketones (excluding diaryl/α,β-unsaturated/α-hetero) is 1. The third kappa shape index (κ3) is 5.93. The van der Waals surface area contributed by atoms with Gasteiger partial charge in [0.25, 0.3) is 5.91 Å². The molecule has 1 N–H and O–H groups in total. The minimum atomic E-state index is -0.673. The maximum absolute atomic E-state index is 12.1. The summed E-state index contributed by atoms with van der Waals surface area (Å²) in [7, 11) is 0. The van der Waals surface area contributed by atoms with Crippen LogP contribution in [0.1, 0.15) is 18.1 Å². The Bertz CT molecular complexity index is 922. The molecule has 0 unspecified atom stereocenters. The number of benzene rings is 2. The van der Waals surface area contributed by atoms with Gasteiger partial charge in [0.1, 0.15) is 0 Å². The first kappa shape index (κ1) is 20.1. The van der Waals surface area contributed by atoms with Gasteiger partial charge in [0.2, 0.25) is 6.79 Å². The minimum absolute atomic E-state index is 0.170. The summed E-state index contributed by atoms with van der Waals surface area (Å²) in [6.07, 6.45) is 3.15. The number of fused-ring (bicyclic) bond motifs is 1. The highest BCUT2D eigenvalue weighted by atomic mass is 16.7. The molecule has 0 fully saturated rings. The first-order valence-electron chi connectivity index (χ1n) is 9.09. The van der Waals surface area contributed by atoms with E-state index in [1.165, 1.54) is 13.0 Å². The van der Waals surface area contributed by atoms with Crippen molar-refractivity contribution in [1.82, 2.24) is 5.32 Å². The Morgan fingerprint density at radius 2 is 1.86 bits per heavy atom. The largest absolute Gasteiger partial charge is 0.454 e.